The Morgan fingerprint density at radius 1 is 0.513 bits per heavy atom. The molecule has 0 bridgehead atoms. The Morgan fingerprint density at radius 3 is 1.15 bits per heavy atom. The van der Waals surface area contributed by atoms with E-state index in [1.54, 1.807) is 12.1 Å². The van der Waals surface area contributed by atoms with Crippen molar-refractivity contribution in [1.29, 1.82) is 0 Å². The fourth-order valence-electron chi connectivity index (χ4n) is 3.47. The van der Waals surface area contributed by atoms with Crippen molar-refractivity contribution in [3.05, 3.63) is 96.1 Å². The molecular weight excluding hydrogens is 649 g/mol. The lowest BCUT2D eigenvalue weighted by atomic mass is 10.2. The van der Waals surface area contributed by atoms with Gasteiger partial charge >= 0.3 is 0 Å². The Labute approximate surface area is 255 Å². The van der Waals surface area contributed by atoms with Crippen molar-refractivity contribution in [3.63, 3.8) is 0 Å². The molecule has 0 fully saturated rings. The van der Waals surface area contributed by atoms with E-state index in [0.29, 0.717) is 45.5 Å². The lowest BCUT2D eigenvalue weighted by molar-refractivity contribution is 0.481. The van der Waals surface area contributed by atoms with Gasteiger partial charge in [-0.3, -0.25) is 0 Å². The molecule has 0 aliphatic carbocycles. The van der Waals surface area contributed by atoms with Crippen molar-refractivity contribution in [1.82, 2.24) is 0 Å². The first kappa shape index (κ1) is 29.7. The SMILES string of the molecule is Nc1cc(Oc2ccc(S(=O)(=O)c3ccc(Oc4cc(N)cc(C(Cl)(Cl)Cl)c4)cc3)cc2)cc(C(Cl)(Cl)Cl)c1. The molecular formula is C26H18Cl6N2O4S. The van der Waals surface area contributed by atoms with Crippen LogP contribution in [0.5, 0.6) is 23.0 Å². The van der Waals surface area contributed by atoms with Crippen molar-refractivity contribution < 1.29 is 17.9 Å². The maximum absolute atomic E-state index is 13.2. The van der Waals surface area contributed by atoms with Crippen LogP contribution in [0.3, 0.4) is 0 Å². The molecule has 0 saturated heterocycles. The van der Waals surface area contributed by atoms with E-state index in [-0.39, 0.29) is 9.79 Å². The summed E-state index contributed by atoms with van der Waals surface area (Å²) < 4.78 is 34.5. The zero-order valence-corrected chi connectivity index (χ0v) is 24.9. The van der Waals surface area contributed by atoms with Crippen molar-refractivity contribution in [3.8, 4) is 23.0 Å². The molecule has 0 amide bonds. The molecule has 4 aromatic rings. The van der Waals surface area contributed by atoms with Crippen LogP contribution in [0.2, 0.25) is 0 Å². The molecule has 13 heteroatoms. The van der Waals surface area contributed by atoms with E-state index in [2.05, 4.69) is 0 Å². The van der Waals surface area contributed by atoms with E-state index in [9.17, 15) is 8.42 Å². The molecule has 6 nitrogen and oxygen atoms in total. The minimum absolute atomic E-state index is 0.0567. The van der Waals surface area contributed by atoms with Gasteiger partial charge in [0, 0.05) is 34.6 Å². The van der Waals surface area contributed by atoms with Gasteiger partial charge in [0.2, 0.25) is 17.4 Å². The predicted octanol–water partition coefficient (Wildman–Crippen LogP) is 8.92. The molecule has 39 heavy (non-hydrogen) atoms. The maximum atomic E-state index is 13.2. The Kier molecular flexibility index (Phi) is 8.64. The van der Waals surface area contributed by atoms with Gasteiger partial charge in [-0.2, -0.15) is 0 Å². The van der Waals surface area contributed by atoms with Gasteiger partial charge in [0.15, 0.2) is 0 Å². The first-order chi connectivity index (χ1) is 18.1. The highest BCUT2D eigenvalue weighted by Gasteiger charge is 2.25. The van der Waals surface area contributed by atoms with Gasteiger partial charge in [0.1, 0.15) is 23.0 Å². The van der Waals surface area contributed by atoms with Crippen molar-refractivity contribution in [2.75, 3.05) is 11.5 Å². The highest BCUT2D eigenvalue weighted by Crippen LogP contribution is 2.42. The highest BCUT2D eigenvalue weighted by molar-refractivity contribution is 7.91. The first-order valence-corrected chi connectivity index (χ1v) is 14.6. The number of alkyl halides is 6. The second kappa shape index (κ2) is 11.3. The third kappa shape index (κ3) is 7.50. The van der Waals surface area contributed by atoms with Crippen molar-refractivity contribution >= 4 is 90.8 Å². The van der Waals surface area contributed by atoms with Gasteiger partial charge in [-0.1, -0.05) is 69.6 Å². The predicted molar refractivity (Wildman–Crippen MR) is 159 cm³/mol. The molecule has 0 unspecified atom stereocenters. The maximum Gasteiger partial charge on any atom is 0.216 e. The zero-order chi connectivity index (χ0) is 28.6. The summed E-state index contributed by atoms with van der Waals surface area (Å²) in [6.45, 7) is 0. The van der Waals surface area contributed by atoms with E-state index in [1.165, 1.54) is 72.8 Å². The van der Waals surface area contributed by atoms with Crippen LogP contribution in [0.15, 0.2) is 94.7 Å². The number of ether oxygens (including phenoxy) is 2. The first-order valence-electron chi connectivity index (χ1n) is 10.9. The fourth-order valence-corrected chi connectivity index (χ4v) is 5.39. The molecule has 0 saturated carbocycles. The Bertz CT molecular complexity index is 1490. The number of hydrogen-bond donors (Lipinski definition) is 2. The molecule has 4 rings (SSSR count). The molecule has 0 heterocycles. The number of rotatable bonds is 6. The van der Waals surface area contributed by atoms with E-state index in [4.69, 9.17) is 90.5 Å². The summed E-state index contributed by atoms with van der Waals surface area (Å²) in [6, 6.07) is 20.9. The van der Waals surface area contributed by atoms with E-state index < -0.39 is 17.4 Å². The largest absolute Gasteiger partial charge is 0.457 e. The Balaban J connectivity index is 1.50. The second-order valence-corrected chi connectivity index (χ2v) is 14.7. The average Bonchev–Trinajstić information content (AvgIpc) is 2.83. The van der Waals surface area contributed by atoms with Crippen LogP contribution in [0.25, 0.3) is 0 Å². The number of nitrogen functional groups attached to an aromatic ring is 2. The van der Waals surface area contributed by atoms with Gasteiger partial charge in [-0.05, 0) is 72.8 Å². The number of sulfone groups is 1. The van der Waals surface area contributed by atoms with Gasteiger partial charge in [0.25, 0.3) is 0 Å². The molecule has 0 radical (unpaired) electrons. The lowest BCUT2D eigenvalue weighted by Crippen LogP contribution is -2.03. The quantitative estimate of drug-likeness (QED) is 0.157. The van der Waals surface area contributed by atoms with Gasteiger partial charge < -0.3 is 20.9 Å². The summed E-state index contributed by atoms with van der Waals surface area (Å²) >= 11 is 35.6. The summed E-state index contributed by atoms with van der Waals surface area (Å²) in [5.74, 6) is 1.36. The average molecular weight is 667 g/mol. The summed E-state index contributed by atoms with van der Waals surface area (Å²) in [6.07, 6.45) is 0. The van der Waals surface area contributed by atoms with Gasteiger partial charge in [0.05, 0.1) is 9.79 Å². The number of halogens is 6. The van der Waals surface area contributed by atoms with Crippen LogP contribution in [0.1, 0.15) is 11.1 Å². The summed E-state index contributed by atoms with van der Waals surface area (Å²) in [5.41, 5.74) is 13.1. The normalized spacial score (nSPS) is 12.3. The molecule has 0 aliphatic rings. The molecule has 4 N–H and O–H groups in total. The fraction of sp³-hybridized carbons (Fsp3) is 0.0769. The lowest BCUT2D eigenvalue weighted by Gasteiger charge is -2.15. The third-order valence-electron chi connectivity index (χ3n) is 5.25. The van der Waals surface area contributed by atoms with Crippen molar-refractivity contribution in [2.24, 2.45) is 0 Å². The molecule has 0 spiro atoms. The monoisotopic (exact) mass is 664 g/mol. The Hall–Kier alpha value is -2.23. The molecule has 0 atom stereocenters. The zero-order valence-electron chi connectivity index (χ0n) is 19.5. The van der Waals surface area contributed by atoms with E-state index in [0.717, 1.165) is 0 Å². The standard InChI is InChI=1S/C26H18Cl6N2O4S/c27-25(28,29)15-9-17(33)13-21(11-15)37-19-1-5-23(6-2-19)39(35,36)24-7-3-20(4-8-24)38-22-12-16(26(30,31)32)10-18(34)14-22/h1-14H,33-34H2. The van der Waals surface area contributed by atoms with Crippen LogP contribution < -0.4 is 20.9 Å². The van der Waals surface area contributed by atoms with Crippen molar-refractivity contribution in [2.45, 2.75) is 17.4 Å². The Morgan fingerprint density at radius 2 is 0.846 bits per heavy atom. The van der Waals surface area contributed by atoms with E-state index >= 15 is 0 Å². The molecule has 0 aliphatic heterocycles. The van der Waals surface area contributed by atoms with Crippen LogP contribution >= 0.6 is 69.6 Å². The van der Waals surface area contributed by atoms with Crippen LogP contribution in [-0.2, 0) is 17.4 Å². The third-order valence-corrected chi connectivity index (χ3v) is 8.35. The van der Waals surface area contributed by atoms with Crippen LogP contribution in [0.4, 0.5) is 11.4 Å². The number of benzene rings is 4. The van der Waals surface area contributed by atoms with Gasteiger partial charge in [-0.15, -0.1) is 0 Å². The van der Waals surface area contributed by atoms with Gasteiger partial charge in [-0.25, -0.2) is 8.42 Å². The summed E-state index contributed by atoms with van der Waals surface area (Å²) in [7, 11) is -3.84. The van der Waals surface area contributed by atoms with Crippen LogP contribution in [0, 0.1) is 0 Å². The minimum Gasteiger partial charge on any atom is -0.457 e. The molecule has 0 aromatic heterocycles. The highest BCUT2D eigenvalue weighted by atomic mass is 35.6. The molecule has 4 aromatic carbocycles. The smallest absolute Gasteiger partial charge is 0.216 e. The second-order valence-electron chi connectivity index (χ2n) is 8.23. The summed E-state index contributed by atoms with van der Waals surface area (Å²) in [5, 5.41) is 0. The topological polar surface area (TPSA) is 105 Å². The number of hydrogen-bond acceptors (Lipinski definition) is 6. The van der Waals surface area contributed by atoms with E-state index in [1.807, 2.05) is 0 Å². The number of nitrogens with two attached hydrogens (primary N) is 2. The minimum atomic E-state index is -3.84. The molecule has 204 valence electrons. The summed E-state index contributed by atoms with van der Waals surface area (Å²) in [4.78, 5) is 0.113. The van der Waals surface area contributed by atoms with Crippen LogP contribution in [-0.4, -0.2) is 8.42 Å². The number of anilines is 2.